The number of aryl methyl sites for hydroxylation is 1. The van der Waals surface area contributed by atoms with E-state index in [0.29, 0.717) is 0 Å². The number of rotatable bonds is 0. The molecule has 0 bridgehead atoms. The fourth-order valence-electron chi connectivity index (χ4n) is 0.633. The van der Waals surface area contributed by atoms with E-state index in [1.54, 1.807) is 0 Å². The lowest BCUT2D eigenvalue weighted by atomic mass is 10.5. The van der Waals surface area contributed by atoms with Crippen LogP contribution in [-0.4, -0.2) is 0 Å². The molecule has 1 nitrogen and oxygen atoms in total. The summed E-state index contributed by atoms with van der Waals surface area (Å²) in [7, 11) is 2.03. The van der Waals surface area contributed by atoms with Crippen molar-refractivity contribution in [2.45, 2.75) is 0 Å². The Morgan fingerprint density at radius 2 is 1.67 bits per heavy atom. The molecule has 0 atom stereocenters. The van der Waals surface area contributed by atoms with Crippen LogP contribution in [0.5, 0.6) is 0 Å². The predicted molar refractivity (Wildman–Crippen MR) is 53.1 cm³/mol. The van der Waals surface area contributed by atoms with Crippen LogP contribution in [0.15, 0.2) is 18.5 Å². The molecule has 9 heavy (non-hydrogen) atoms. The van der Waals surface area contributed by atoms with Crippen LogP contribution < -0.4 is 4.57 Å². The molecule has 0 aliphatic carbocycles. The average Bonchev–Trinajstić information content (AvgIpc) is 1.59. The van der Waals surface area contributed by atoms with Gasteiger partial charge in [0.15, 0.2) is 12.4 Å². The highest BCUT2D eigenvalue weighted by molar-refractivity contribution is 14.1. The zero-order chi connectivity index (χ0) is 6.85. The van der Waals surface area contributed by atoms with Crippen LogP contribution in [-0.2, 0) is 7.05 Å². The smallest absolute Gasteiger partial charge is 0.182 e. The highest BCUT2D eigenvalue weighted by atomic mass is 127. The summed E-state index contributed by atoms with van der Waals surface area (Å²) >= 11 is 4.61. The first-order chi connectivity index (χ1) is 4.18. The van der Waals surface area contributed by atoms with Crippen molar-refractivity contribution < 1.29 is 4.57 Å². The van der Waals surface area contributed by atoms with Crippen molar-refractivity contribution >= 4 is 45.2 Å². The lowest BCUT2D eigenvalue weighted by Crippen LogP contribution is -2.27. The SMILES string of the molecule is C[n+]1cc(I)cc(I)c1. The molecule has 1 heterocycles. The molecule has 1 rings (SSSR count). The summed E-state index contributed by atoms with van der Waals surface area (Å²) < 4.78 is 4.62. The van der Waals surface area contributed by atoms with Gasteiger partial charge in [-0.1, -0.05) is 0 Å². The van der Waals surface area contributed by atoms with Crippen LogP contribution >= 0.6 is 45.2 Å². The monoisotopic (exact) mass is 346 g/mol. The molecular formula is C6H6I2N+. The van der Waals surface area contributed by atoms with E-state index in [-0.39, 0.29) is 0 Å². The molecule has 0 spiro atoms. The molecule has 0 aliphatic heterocycles. The van der Waals surface area contributed by atoms with E-state index in [9.17, 15) is 0 Å². The summed E-state index contributed by atoms with van der Waals surface area (Å²) in [6.45, 7) is 0. The van der Waals surface area contributed by atoms with E-state index in [0.717, 1.165) is 0 Å². The van der Waals surface area contributed by atoms with Crippen molar-refractivity contribution in [3.8, 4) is 0 Å². The quantitative estimate of drug-likeness (QED) is 0.498. The Bertz CT molecular complexity index is 172. The van der Waals surface area contributed by atoms with E-state index in [1.807, 2.05) is 7.05 Å². The van der Waals surface area contributed by atoms with Crippen LogP contribution in [0.25, 0.3) is 0 Å². The normalized spacial score (nSPS) is 9.67. The van der Waals surface area contributed by atoms with Gasteiger partial charge in [-0.3, -0.25) is 0 Å². The molecule has 0 aliphatic rings. The Morgan fingerprint density at radius 1 is 1.22 bits per heavy atom. The summed E-state index contributed by atoms with van der Waals surface area (Å²) in [4.78, 5) is 0. The molecule has 0 unspecified atom stereocenters. The van der Waals surface area contributed by atoms with E-state index < -0.39 is 0 Å². The molecule has 0 amide bonds. The second-order valence-corrected chi connectivity index (χ2v) is 4.33. The van der Waals surface area contributed by atoms with Gasteiger partial charge >= 0.3 is 0 Å². The summed E-state index contributed by atoms with van der Waals surface area (Å²) in [5, 5.41) is 0. The molecule has 0 saturated carbocycles. The maximum atomic E-state index is 2.31. The minimum atomic E-state index is 1.28. The van der Waals surface area contributed by atoms with Crippen molar-refractivity contribution in [3.63, 3.8) is 0 Å². The lowest BCUT2D eigenvalue weighted by molar-refractivity contribution is -0.672. The zero-order valence-corrected chi connectivity index (χ0v) is 9.25. The maximum absolute atomic E-state index is 2.31. The van der Waals surface area contributed by atoms with Gasteiger partial charge in [0.2, 0.25) is 0 Å². The van der Waals surface area contributed by atoms with Crippen LogP contribution in [0.3, 0.4) is 0 Å². The van der Waals surface area contributed by atoms with Crippen molar-refractivity contribution in [1.82, 2.24) is 0 Å². The third-order valence-electron chi connectivity index (χ3n) is 0.930. The Balaban J connectivity index is 3.17. The molecule has 0 fully saturated rings. The standard InChI is InChI=1S/C6H6I2N/c1-9-3-5(7)2-6(8)4-9/h2-4H,1H3/q+1. The molecular weight excluding hydrogens is 340 g/mol. The van der Waals surface area contributed by atoms with Crippen LogP contribution in [0.4, 0.5) is 0 Å². The Morgan fingerprint density at radius 3 is 2.00 bits per heavy atom. The van der Waals surface area contributed by atoms with Crippen molar-refractivity contribution in [2.75, 3.05) is 0 Å². The second kappa shape index (κ2) is 3.14. The van der Waals surface area contributed by atoms with E-state index in [2.05, 4.69) is 68.2 Å². The van der Waals surface area contributed by atoms with Crippen molar-refractivity contribution in [3.05, 3.63) is 25.6 Å². The molecule has 0 saturated heterocycles. The number of aromatic nitrogens is 1. The fourth-order valence-corrected chi connectivity index (χ4v) is 2.78. The first-order valence-electron chi connectivity index (χ1n) is 2.50. The molecule has 0 radical (unpaired) electrons. The summed E-state index contributed by atoms with van der Waals surface area (Å²) in [5.74, 6) is 0. The van der Waals surface area contributed by atoms with Crippen molar-refractivity contribution in [1.29, 1.82) is 0 Å². The fraction of sp³-hybridized carbons (Fsp3) is 0.167. The van der Waals surface area contributed by atoms with Crippen LogP contribution in [0.2, 0.25) is 0 Å². The molecule has 3 heteroatoms. The van der Waals surface area contributed by atoms with Gasteiger partial charge in [0.1, 0.15) is 7.05 Å². The first-order valence-corrected chi connectivity index (χ1v) is 4.65. The zero-order valence-electron chi connectivity index (χ0n) is 4.94. The molecule has 1 aromatic rings. The van der Waals surface area contributed by atoms with E-state index in [4.69, 9.17) is 0 Å². The Kier molecular flexibility index (Phi) is 2.69. The number of hydrogen-bond acceptors (Lipinski definition) is 0. The highest BCUT2D eigenvalue weighted by Crippen LogP contribution is 2.05. The lowest BCUT2D eigenvalue weighted by Gasteiger charge is -1.88. The first kappa shape index (κ1) is 7.71. The topological polar surface area (TPSA) is 3.88 Å². The predicted octanol–water partition coefficient (Wildman–Crippen LogP) is 1.72. The molecule has 0 N–H and O–H groups in total. The molecule has 0 aromatic carbocycles. The van der Waals surface area contributed by atoms with Gasteiger partial charge < -0.3 is 0 Å². The number of pyridine rings is 1. The largest absolute Gasteiger partial charge is 0.206 e. The van der Waals surface area contributed by atoms with E-state index in [1.165, 1.54) is 7.14 Å². The molecule has 1 aromatic heterocycles. The minimum absolute atomic E-state index is 1.28. The Hall–Kier alpha value is 0.610. The minimum Gasteiger partial charge on any atom is -0.206 e. The third-order valence-corrected chi connectivity index (χ3v) is 2.11. The van der Waals surface area contributed by atoms with Gasteiger partial charge in [-0.25, -0.2) is 4.57 Å². The number of nitrogens with zero attached hydrogens (tertiary/aromatic N) is 1. The summed E-state index contributed by atoms with van der Waals surface area (Å²) in [6.07, 6.45) is 4.17. The maximum Gasteiger partial charge on any atom is 0.182 e. The number of hydrogen-bond donors (Lipinski definition) is 0. The highest BCUT2D eigenvalue weighted by Gasteiger charge is 1.96. The van der Waals surface area contributed by atoms with Crippen molar-refractivity contribution in [2.24, 2.45) is 7.05 Å². The molecule has 48 valence electrons. The van der Waals surface area contributed by atoms with Crippen LogP contribution in [0, 0.1) is 7.14 Å². The van der Waals surface area contributed by atoms with Gasteiger partial charge in [0, 0.05) is 0 Å². The Labute approximate surface area is 81.7 Å². The van der Waals surface area contributed by atoms with Gasteiger partial charge in [0.05, 0.1) is 7.14 Å². The van der Waals surface area contributed by atoms with Gasteiger partial charge in [0.25, 0.3) is 0 Å². The number of halogens is 2. The second-order valence-electron chi connectivity index (χ2n) is 1.84. The van der Waals surface area contributed by atoms with Gasteiger partial charge in [-0.05, 0) is 51.2 Å². The average molecular weight is 346 g/mol. The van der Waals surface area contributed by atoms with Gasteiger partial charge in [-0.2, -0.15) is 0 Å². The summed E-state index contributed by atoms with van der Waals surface area (Å²) in [5.41, 5.74) is 0. The van der Waals surface area contributed by atoms with Gasteiger partial charge in [-0.15, -0.1) is 0 Å². The summed E-state index contributed by atoms with van der Waals surface area (Å²) in [6, 6.07) is 2.14. The van der Waals surface area contributed by atoms with E-state index >= 15 is 0 Å². The van der Waals surface area contributed by atoms with Crippen LogP contribution in [0.1, 0.15) is 0 Å². The third kappa shape index (κ3) is 2.37.